The van der Waals surface area contributed by atoms with E-state index in [2.05, 4.69) is 22.0 Å². The normalized spacial score (nSPS) is 24.4. The maximum atomic E-state index is 12.3. The van der Waals surface area contributed by atoms with Gasteiger partial charge in [0.2, 0.25) is 0 Å². The van der Waals surface area contributed by atoms with Gasteiger partial charge in [-0.25, -0.2) is 4.79 Å². The number of methoxy groups -OCH3 is 1. The first kappa shape index (κ1) is 15.7. The first-order chi connectivity index (χ1) is 9.66. The molecule has 1 aliphatic carbocycles. The van der Waals surface area contributed by atoms with Crippen molar-refractivity contribution in [1.29, 1.82) is 0 Å². The van der Waals surface area contributed by atoms with Crippen molar-refractivity contribution in [2.45, 2.75) is 31.7 Å². The zero-order valence-corrected chi connectivity index (χ0v) is 13.2. The molecule has 1 atom stereocenters. The summed E-state index contributed by atoms with van der Waals surface area (Å²) in [4.78, 5) is 17.2. The van der Waals surface area contributed by atoms with Crippen LogP contribution in [-0.2, 0) is 9.53 Å². The van der Waals surface area contributed by atoms with E-state index >= 15 is 0 Å². The van der Waals surface area contributed by atoms with Gasteiger partial charge in [0, 0.05) is 32.7 Å². The number of rotatable bonds is 7. The first-order valence-corrected chi connectivity index (χ1v) is 7.88. The van der Waals surface area contributed by atoms with E-state index in [1.54, 1.807) is 0 Å². The number of piperazine rings is 1. The highest BCUT2D eigenvalue weighted by Crippen LogP contribution is 2.40. The SMILES string of the molecule is CCCN1CCN(CC(NC)(C(=O)OC)C2CC2)CC1. The molecular weight excluding hydrogens is 254 g/mol. The van der Waals surface area contributed by atoms with Crippen LogP contribution in [0.4, 0.5) is 0 Å². The van der Waals surface area contributed by atoms with Crippen molar-refractivity contribution in [3.63, 3.8) is 0 Å². The topological polar surface area (TPSA) is 44.8 Å². The average Bonchev–Trinajstić information content (AvgIpc) is 3.31. The van der Waals surface area contributed by atoms with Crippen LogP contribution in [0.15, 0.2) is 0 Å². The number of hydrogen-bond donors (Lipinski definition) is 1. The van der Waals surface area contributed by atoms with Crippen LogP contribution in [0.3, 0.4) is 0 Å². The van der Waals surface area contributed by atoms with E-state index in [4.69, 9.17) is 4.74 Å². The zero-order chi connectivity index (χ0) is 14.6. The quantitative estimate of drug-likeness (QED) is 0.692. The maximum Gasteiger partial charge on any atom is 0.327 e. The third kappa shape index (κ3) is 3.32. The molecule has 2 rings (SSSR count). The van der Waals surface area contributed by atoms with Crippen molar-refractivity contribution in [3.05, 3.63) is 0 Å². The summed E-state index contributed by atoms with van der Waals surface area (Å²) >= 11 is 0. The number of ether oxygens (including phenoxy) is 1. The summed E-state index contributed by atoms with van der Waals surface area (Å²) < 4.78 is 5.07. The van der Waals surface area contributed by atoms with Gasteiger partial charge < -0.3 is 15.0 Å². The van der Waals surface area contributed by atoms with Gasteiger partial charge in [-0.15, -0.1) is 0 Å². The van der Waals surface area contributed by atoms with Gasteiger partial charge >= 0.3 is 5.97 Å². The lowest BCUT2D eigenvalue weighted by Gasteiger charge is -2.40. The largest absolute Gasteiger partial charge is 0.468 e. The van der Waals surface area contributed by atoms with Gasteiger partial charge in [0.1, 0.15) is 5.54 Å². The molecule has 0 aromatic heterocycles. The number of nitrogens with zero attached hydrogens (tertiary/aromatic N) is 2. The van der Waals surface area contributed by atoms with Gasteiger partial charge in [-0.3, -0.25) is 4.90 Å². The van der Waals surface area contributed by atoms with E-state index in [1.807, 2.05) is 7.05 Å². The third-order valence-corrected chi connectivity index (χ3v) is 4.75. The molecule has 0 bridgehead atoms. The summed E-state index contributed by atoms with van der Waals surface area (Å²) in [6.07, 6.45) is 3.47. The van der Waals surface area contributed by atoms with Crippen LogP contribution in [0.25, 0.3) is 0 Å². The van der Waals surface area contributed by atoms with Gasteiger partial charge in [0.25, 0.3) is 0 Å². The first-order valence-electron chi connectivity index (χ1n) is 7.88. The molecule has 1 saturated heterocycles. The Labute approximate surface area is 122 Å². The van der Waals surface area contributed by atoms with E-state index in [0.29, 0.717) is 5.92 Å². The average molecular weight is 283 g/mol. The standard InChI is InChI=1S/C15H29N3O2/c1-4-7-17-8-10-18(11-9-17)12-15(16-2,13-5-6-13)14(19)20-3/h13,16H,4-12H2,1-3H3. The number of carbonyl (C=O) groups excluding carboxylic acids is 1. The molecule has 116 valence electrons. The Morgan fingerprint density at radius 3 is 2.30 bits per heavy atom. The zero-order valence-electron chi connectivity index (χ0n) is 13.2. The van der Waals surface area contributed by atoms with Crippen molar-refractivity contribution in [3.8, 4) is 0 Å². The summed E-state index contributed by atoms with van der Waals surface area (Å²) in [5.74, 6) is 0.340. The van der Waals surface area contributed by atoms with Gasteiger partial charge in [0.15, 0.2) is 0 Å². The third-order valence-electron chi connectivity index (χ3n) is 4.75. The Morgan fingerprint density at radius 2 is 1.85 bits per heavy atom. The summed E-state index contributed by atoms with van der Waals surface area (Å²) in [5, 5.41) is 3.28. The van der Waals surface area contributed by atoms with Gasteiger partial charge in [-0.2, -0.15) is 0 Å². The second-order valence-electron chi connectivity index (χ2n) is 6.10. The molecule has 5 heteroatoms. The van der Waals surface area contributed by atoms with Crippen molar-refractivity contribution >= 4 is 5.97 Å². The Bertz CT molecular complexity index is 325. The molecule has 1 aliphatic heterocycles. The van der Waals surface area contributed by atoms with Crippen LogP contribution < -0.4 is 5.32 Å². The van der Waals surface area contributed by atoms with Crippen LogP contribution in [0.2, 0.25) is 0 Å². The lowest BCUT2D eigenvalue weighted by Crippen LogP contribution is -2.62. The van der Waals surface area contributed by atoms with Gasteiger partial charge in [0.05, 0.1) is 7.11 Å². The minimum absolute atomic E-state index is 0.0986. The van der Waals surface area contributed by atoms with E-state index in [-0.39, 0.29) is 5.97 Å². The highest BCUT2D eigenvalue weighted by molar-refractivity contribution is 5.82. The Morgan fingerprint density at radius 1 is 1.25 bits per heavy atom. The fourth-order valence-electron chi connectivity index (χ4n) is 3.34. The molecule has 1 saturated carbocycles. The van der Waals surface area contributed by atoms with E-state index in [0.717, 1.165) is 45.6 Å². The second-order valence-corrected chi connectivity index (χ2v) is 6.10. The molecule has 0 amide bonds. The lowest BCUT2D eigenvalue weighted by atomic mass is 9.92. The predicted octanol–water partition coefficient (Wildman–Crippen LogP) is 0.555. The highest BCUT2D eigenvalue weighted by Gasteiger charge is 2.51. The Balaban J connectivity index is 1.94. The minimum atomic E-state index is -0.498. The second kappa shape index (κ2) is 6.87. The fourth-order valence-corrected chi connectivity index (χ4v) is 3.34. The molecule has 2 aliphatic rings. The molecule has 1 heterocycles. The van der Waals surface area contributed by atoms with Crippen molar-refractivity contribution in [2.24, 2.45) is 5.92 Å². The number of hydrogen-bond acceptors (Lipinski definition) is 5. The molecule has 0 radical (unpaired) electrons. The number of esters is 1. The van der Waals surface area contributed by atoms with Crippen molar-refractivity contribution in [2.75, 3.05) is 53.4 Å². The summed E-state index contributed by atoms with van der Waals surface area (Å²) in [7, 11) is 3.39. The molecular formula is C15H29N3O2. The van der Waals surface area contributed by atoms with E-state index < -0.39 is 5.54 Å². The molecule has 2 fully saturated rings. The molecule has 1 unspecified atom stereocenters. The predicted molar refractivity (Wildman–Crippen MR) is 79.7 cm³/mol. The van der Waals surface area contributed by atoms with Gasteiger partial charge in [-0.05, 0) is 38.8 Å². The van der Waals surface area contributed by atoms with E-state index in [9.17, 15) is 4.79 Å². The molecule has 0 spiro atoms. The van der Waals surface area contributed by atoms with Crippen LogP contribution in [-0.4, -0.2) is 74.7 Å². The molecule has 1 N–H and O–H groups in total. The van der Waals surface area contributed by atoms with Crippen molar-refractivity contribution in [1.82, 2.24) is 15.1 Å². The van der Waals surface area contributed by atoms with E-state index in [1.165, 1.54) is 20.1 Å². The maximum absolute atomic E-state index is 12.3. The summed E-state index contributed by atoms with van der Waals surface area (Å²) in [6.45, 7) is 8.51. The monoisotopic (exact) mass is 283 g/mol. The molecule has 20 heavy (non-hydrogen) atoms. The number of likely N-dealkylation sites (N-methyl/N-ethyl adjacent to an activating group) is 1. The molecule has 0 aromatic rings. The summed E-state index contributed by atoms with van der Waals surface area (Å²) in [6, 6.07) is 0. The Hall–Kier alpha value is -0.650. The van der Waals surface area contributed by atoms with Crippen LogP contribution in [0.5, 0.6) is 0 Å². The van der Waals surface area contributed by atoms with Gasteiger partial charge in [-0.1, -0.05) is 6.92 Å². The highest BCUT2D eigenvalue weighted by atomic mass is 16.5. The molecule has 5 nitrogen and oxygen atoms in total. The van der Waals surface area contributed by atoms with Crippen molar-refractivity contribution < 1.29 is 9.53 Å². The Kier molecular flexibility index (Phi) is 5.41. The number of carbonyl (C=O) groups is 1. The van der Waals surface area contributed by atoms with Crippen LogP contribution >= 0.6 is 0 Å². The molecule has 0 aromatic carbocycles. The summed E-state index contributed by atoms with van der Waals surface area (Å²) in [5.41, 5.74) is -0.498. The van der Waals surface area contributed by atoms with Crippen LogP contribution in [0, 0.1) is 5.92 Å². The minimum Gasteiger partial charge on any atom is -0.468 e. The van der Waals surface area contributed by atoms with Crippen LogP contribution in [0.1, 0.15) is 26.2 Å². The smallest absolute Gasteiger partial charge is 0.327 e. The fraction of sp³-hybridized carbons (Fsp3) is 0.933. The number of nitrogens with one attached hydrogen (secondary N) is 1. The lowest BCUT2D eigenvalue weighted by molar-refractivity contribution is -0.150.